The van der Waals surface area contributed by atoms with Crippen LogP contribution in [0.3, 0.4) is 0 Å². The van der Waals surface area contributed by atoms with Crippen LogP contribution in [0.5, 0.6) is 11.5 Å². The predicted molar refractivity (Wildman–Crippen MR) is 154 cm³/mol. The molecule has 0 aromatic heterocycles. The van der Waals surface area contributed by atoms with Crippen LogP contribution in [0.15, 0.2) is 121 Å². The Hall–Kier alpha value is -4.74. The fourth-order valence-corrected chi connectivity index (χ4v) is 3.75. The molecule has 39 heavy (non-hydrogen) atoms. The molecule has 0 bridgehead atoms. The molecule has 0 aliphatic heterocycles. The van der Waals surface area contributed by atoms with Gasteiger partial charge < -0.3 is 14.2 Å². The Morgan fingerprint density at radius 2 is 0.872 bits per heavy atom. The maximum absolute atomic E-state index is 12.4. The van der Waals surface area contributed by atoms with Gasteiger partial charge in [-0.1, -0.05) is 97.1 Å². The molecule has 0 atom stereocenters. The zero-order chi connectivity index (χ0) is 27.1. The lowest BCUT2D eigenvalue weighted by atomic mass is 10.1. The second kappa shape index (κ2) is 14.9. The lowest BCUT2D eigenvalue weighted by Crippen LogP contribution is -2.12. The number of allylic oxidation sites excluding steroid dienone is 2. The molecule has 0 radical (unpaired) electrons. The molecule has 0 amide bonds. The summed E-state index contributed by atoms with van der Waals surface area (Å²) in [5.74, 6) is 1.24. The van der Waals surface area contributed by atoms with Crippen molar-refractivity contribution in [1.29, 1.82) is 0 Å². The van der Waals surface area contributed by atoms with Gasteiger partial charge in [0, 0.05) is 22.3 Å². The standard InChI is InChI=1S/C34H30O5/c35-31(27-11-3-1-4-12-27)21-19-29-15-7-9-17-33(29)38-25-23-37-24-26-39-34-18-10-8-16-30(34)20-22-32(36)28-13-5-2-6-14-28/h1-22H,23-26H2. The van der Waals surface area contributed by atoms with E-state index in [0.717, 1.165) is 11.1 Å². The molecule has 0 aliphatic carbocycles. The number of hydrogen-bond acceptors (Lipinski definition) is 5. The van der Waals surface area contributed by atoms with E-state index in [1.54, 1.807) is 48.6 Å². The third kappa shape index (κ3) is 8.66. The van der Waals surface area contributed by atoms with Crippen molar-refractivity contribution < 1.29 is 23.8 Å². The van der Waals surface area contributed by atoms with Crippen LogP contribution in [0.1, 0.15) is 31.8 Å². The summed E-state index contributed by atoms with van der Waals surface area (Å²) in [5, 5.41) is 0. The molecule has 0 N–H and O–H groups in total. The molecule has 0 spiro atoms. The molecule has 0 saturated carbocycles. The molecule has 4 aromatic carbocycles. The first-order valence-electron chi connectivity index (χ1n) is 12.8. The van der Waals surface area contributed by atoms with Crippen molar-refractivity contribution in [3.8, 4) is 11.5 Å². The Labute approximate surface area is 229 Å². The summed E-state index contributed by atoms with van der Waals surface area (Å²) in [7, 11) is 0. The lowest BCUT2D eigenvalue weighted by Gasteiger charge is -2.11. The van der Waals surface area contributed by atoms with E-state index < -0.39 is 0 Å². The molecular weight excluding hydrogens is 488 g/mol. The van der Waals surface area contributed by atoms with Crippen LogP contribution in [0, 0.1) is 0 Å². The summed E-state index contributed by atoms with van der Waals surface area (Å²) in [5.41, 5.74) is 2.92. The fourth-order valence-electron chi connectivity index (χ4n) is 3.75. The highest BCUT2D eigenvalue weighted by molar-refractivity contribution is 6.07. The largest absolute Gasteiger partial charge is 0.491 e. The minimum Gasteiger partial charge on any atom is -0.491 e. The molecule has 0 unspecified atom stereocenters. The molecule has 0 aliphatic rings. The summed E-state index contributed by atoms with van der Waals surface area (Å²) in [6.07, 6.45) is 6.63. The van der Waals surface area contributed by atoms with E-state index in [1.807, 2.05) is 84.9 Å². The summed E-state index contributed by atoms with van der Waals surface area (Å²) in [6, 6.07) is 33.4. The van der Waals surface area contributed by atoms with Crippen molar-refractivity contribution in [2.45, 2.75) is 0 Å². The Balaban J connectivity index is 1.20. The molecule has 5 heteroatoms. The Kier molecular flexibility index (Phi) is 10.4. The first-order valence-corrected chi connectivity index (χ1v) is 12.8. The topological polar surface area (TPSA) is 61.8 Å². The van der Waals surface area contributed by atoms with Crippen LogP contribution >= 0.6 is 0 Å². The zero-order valence-electron chi connectivity index (χ0n) is 21.6. The average Bonchev–Trinajstić information content (AvgIpc) is 3.00. The summed E-state index contributed by atoms with van der Waals surface area (Å²) >= 11 is 0. The normalized spacial score (nSPS) is 11.1. The van der Waals surface area contributed by atoms with Crippen LogP contribution in [-0.2, 0) is 4.74 Å². The molecule has 4 rings (SSSR count). The van der Waals surface area contributed by atoms with Crippen LogP contribution < -0.4 is 9.47 Å². The molecule has 196 valence electrons. The SMILES string of the molecule is O=C(C=Cc1ccccc1OCCOCCOc1ccccc1C=CC(=O)c1ccccc1)c1ccccc1. The maximum atomic E-state index is 12.4. The van der Waals surface area contributed by atoms with Gasteiger partial charge >= 0.3 is 0 Å². The molecular formula is C34H30O5. The van der Waals surface area contributed by atoms with Crippen molar-refractivity contribution in [3.05, 3.63) is 144 Å². The van der Waals surface area contributed by atoms with Crippen molar-refractivity contribution in [1.82, 2.24) is 0 Å². The summed E-state index contributed by atoms with van der Waals surface area (Å²) in [6.45, 7) is 1.49. The van der Waals surface area contributed by atoms with Crippen LogP contribution in [0.2, 0.25) is 0 Å². The first-order chi connectivity index (χ1) is 19.2. The van der Waals surface area contributed by atoms with Gasteiger partial charge in [0.15, 0.2) is 11.6 Å². The van der Waals surface area contributed by atoms with Crippen LogP contribution in [0.4, 0.5) is 0 Å². The van der Waals surface area contributed by atoms with E-state index in [2.05, 4.69) is 0 Å². The Morgan fingerprint density at radius 1 is 0.487 bits per heavy atom. The van der Waals surface area contributed by atoms with Gasteiger partial charge in [-0.15, -0.1) is 0 Å². The van der Waals surface area contributed by atoms with Gasteiger partial charge in [-0.3, -0.25) is 9.59 Å². The Bertz CT molecular complexity index is 1300. The third-order valence-electron chi connectivity index (χ3n) is 5.75. The van der Waals surface area contributed by atoms with Gasteiger partial charge in [-0.25, -0.2) is 0 Å². The predicted octanol–water partition coefficient (Wildman–Crippen LogP) is 6.95. The van der Waals surface area contributed by atoms with Crippen LogP contribution in [0.25, 0.3) is 12.2 Å². The number of benzene rings is 4. The van der Waals surface area contributed by atoms with Gasteiger partial charge in [0.25, 0.3) is 0 Å². The first kappa shape index (κ1) is 27.3. The third-order valence-corrected chi connectivity index (χ3v) is 5.75. The second-order valence-corrected chi connectivity index (χ2v) is 8.51. The highest BCUT2D eigenvalue weighted by Crippen LogP contribution is 2.21. The van der Waals surface area contributed by atoms with Gasteiger partial charge in [0.1, 0.15) is 24.7 Å². The Morgan fingerprint density at radius 3 is 1.31 bits per heavy atom. The molecule has 4 aromatic rings. The molecule has 0 fully saturated rings. The van der Waals surface area contributed by atoms with Crippen molar-refractivity contribution in [2.75, 3.05) is 26.4 Å². The van der Waals surface area contributed by atoms with Crippen molar-refractivity contribution in [2.24, 2.45) is 0 Å². The van der Waals surface area contributed by atoms with Gasteiger partial charge in [-0.2, -0.15) is 0 Å². The minimum absolute atomic E-state index is 0.0615. The zero-order valence-corrected chi connectivity index (χ0v) is 21.6. The van der Waals surface area contributed by atoms with E-state index in [0.29, 0.717) is 49.1 Å². The van der Waals surface area contributed by atoms with Gasteiger partial charge in [0.2, 0.25) is 0 Å². The maximum Gasteiger partial charge on any atom is 0.185 e. The number of rotatable bonds is 14. The van der Waals surface area contributed by atoms with Crippen molar-refractivity contribution in [3.63, 3.8) is 0 Å². The summed E-state index contributed by atoms with van der Waals surface area (Å²) in [4.78, 5) is 24.7. The number of carbonyl (C=O) groups excluding carboxylic acids is 2. The van der Waals surface area contributed by atoms with Crippen molar-refractivity contribution >= 4 is 23.7 Å². The van der Waals surface area contributed by atoms with Crippen LogP contribution in [-0.4, -0.2) is 38.0 Å². The van der Waals surface area contributed by atoms with E-state index in [-0.39, 0.29) is 11.6 Å². The number of ether oxygens (including phenoxy) is 3. The van der Waals surface area contributed by atoms with Gasteiger partial charge in [0.05, 0.1) is 13.2 Å². The average molecular weight is 519 g/mol. The minimum atomic E-state index is -0.0615. The number of para-hydroxylation sites is 2. The molecule has 0 saturated heterocycles. The number of carbonyl (C=O) groups is 2. The smallest absolute Gasteiger partial charge is 0.185 e. The highest BCUT2D eigenvalue weighted by atomic mass is 16.5. The fraction of sp³-hybridized carbons (Fsp3) is 0.118. The van der Waals surface area contributed by atoms with E-state index in [1.165, 1.54) is 0 Å². The quantitative estimate of drug-likeness (QED) is 0.103. The lowest BCUT2D eigenvalue weighted by molar-refractivity contribution is 0.0763. The number of ketones is 2. The second-order valence-electron chi connectivity index (χ2n) is 8.51. The van der Waals surface area contributed by atoms with E-state index in [4.69, 9.17) is 14.2 Å². The highest BCUT2D eigenvalue weighted by Gasteiger charge is 2.05. The van der Waals surface area contributed by atoms with E-state index >= 15 is 0 Å². The monoisotopic (exact) mass is 518 g/mol. The molecule has 0 heterocycles. The number of hydrogen-bond donors (Lipinski definition) is 0. The van der Waals surface area contributed by atoms with Gasteiger partial charge in [-0.05, 0) is 36.4 Å². The van der Waals surface area contributed by atoms with E-state index in [9.17, 15) is 9.59 Å². The summed E-state index contributed by atoms with van der Waals surface area (Å²) < 4.78 is 17.4. The molecule has 5 nitrogen and oxygen atoms in total.